The lowest BCUT2D eigenvalue weighted by atomic mass is 10.1. The highest BCUT2D eigenvalue weighted by molar-refractivity contribution is 5.88. The fourth-order valence-corrected chi connectivity index (χ4v) is 1.84. The smallest absolute Gasteiger partial charge is 0.221 e. The Morgan fingerprint density at radius 2 is 2.17 bits per heavy atom. The summed E-state index contributed by atoms with van der Waals surface area (Å²) in [6.07, 6.45) is 0.881. The van der Waals surface area contributed by atoms with Gasteiger partial charge in [-0.1, -0.05) is 19.1 Å². The molecule has 0 bridgehead atoms. The lowest BCUT2D eigenvalue weighted by molar-refractivity contribution is -0.114. The highest BCUT2D eigenvalue weighted by Gasteiger charge is 2.11. The maximum absolute atomic E-state index is 11.0. The van der Waals surface area contributed by atoms with Crippen molar-refractivity contribution in [1.82, 2.24) is 5.32 Å². The summed E-state index contributed by atoms with van der Waals surface area (Å²) in [7, 11) is 0. The molecule has 0 aliphatic rings. The molecule has 1 unspecified atom stereocenters. The molecule has 1 aromatic rings. The van der Waals surface area contributed by atoms with Crippen LogP contribution in [0, 0.1) is 0 Å². The van der Waals surface area contributed by atoms with Gasteiger partial charge in [0, 0.05) is 24.7 Å². The van der Waals surface area contributed by atoms with Crippen molar-refractivity contribution in [3.05, 3.63) is 29.8 Å². The van der Waals surface area contributed by atoms with Crippen LogP contribution in [0.15, 0.2) is 24.3 Å². The Morgan fingerprint density at radius 1 is 1.44 bits per heavy atom. The van der Waals surface area contributed by atoms with E-state index in [1.165, 1.54) is 6.92 Å². The Labute approximate surface area is 108 Å². The lowest BCUT2D eigenvalue weighted by Gasteiger charge is -2.21. The van der Waals surface area contributed by atoms with E-state index in [2.05, 4.69) is 10.6 Å². The van der Waals surface area contributed by atoms with Gasteiger partial charge >= 0.3 is 0 Å². The molecule has 0 radical (unpaired) electrons. The van der Waals surface area contributed by atoms with Crippen LogP contribution in [-0.4, -0.2) is 23.7 Å². The molecule has 0 aliphatic heterocycles. The predicted molar refractivity (Wildman–Crippen MR) is 73.5 cm³/mol. The SMILES string of the molecule is CC[C@@H](CO)NC(C)c1cccc(NC(C)=O)c1. The maximum atomic E-state index is 11.0. The van der Waals surface area contributed by atoms with E-state index < -0.39 is 0 Å². The van der Waals surface area contributed by atoms with Gasteiger partial charge in [-0.2, -0.15) is 0 Å². The molecule has 3 N–H and O–H groups in total. The van der Waals surface area contributed by atoms with Crippen molar-refractivity contribution in [2.75, 3.05) is 11.9 Å². The summed E-state index contributed by atoms with van der Waals surface area (Å²) in [4.78, 5) is 11.0. The van der Waals surface area contributed by atoms with Crippen molar-refractivity contribution >= 4 is 11.6 Å². The molecular weight excluding hydrogens is 228 g/mol. The van der Waals surface area contributed by atoms with Crippen LogP contribution in [-0.2, 0) is 4.79 Å². The molecule has 1 rings (SSSR count). The van der Waals surface area contributed by atoms with Gasteiger partial charge in [-0.05, 0) is 31.0 Å². The summed E-state index contributed by atoms with van der Waals surface area (Å²) >= 11 is 0. The lowest BCUT2D eigenvalue weighted by Crippen LogP contribution is -2.33. The summed E-state index contributed by atoms with van der Waals surface area (Å²) in [6, 6.07) is 7.97. The number of anilines is 1. The van der Waals surface area contributed by atoms with Gasteiger partial charge in [-0.15, -0.1) is 0 Å². The molecule has 0 aromatic heterocycles. The van der Waals surface area contributed by atoms with Crippen molar-refractivity contribution in [3.8, 4) is 0 Å². The van der Waals surface area contributed by atoms with Crippen LogP contribution >= 0.6 is 0 Å². The van der Waals surface area contributed by atoms with Crippen molar-refractivity contribution < 1.29 is 9.90 Å². The first-order valence-electron chi connectivity index (χ1n) is 6.31. The Bertz CT molecular complexity index is 389. The van der Waals surface area contributed by atoms with E-state index in [4.69, 9.17) is 0 Å². The minimum Gasteiger partial charge on any atom is -0.395 e. The number of aliphatic hydroxyl groups is 1. The average Bonchev–Trinajstić information content (AvgIpc) is 2.35. The summed E-state index contributed by atoms with van der Waals surface area (Å²) in [6.45, 7) is 5.71. The minimum atomic E-state index is -0.0745. The monoisotopic (exact) mass is 250 g/mol. The molecular formula is C14H22N2O2. The molecule has 1 aromatic carbocycles. The van der Waals surface area contributed by atoms with Crippen LogP contribution in [0.3, 0.4) is 0 Å². The van der Waals surface area contributed by atoms with Gasteiger partial charge in [0.25, 0.3) is 0 Å². The van der Waals surface area contributed by atoms with Gasteiger partial charge in [0.05, 0.1) is 6.61 Å². The van der Waals surface area contributed by atoms with E-state index in [-0.39, 0.29) is 24.6 Å². The molecule has 18 heavy (non-hydrogen) atoms. The summed E-state index contributed by atoms with van der Waals surface area (Å²) < 4.78 is 0. The largest absolute Gasteiger partial charge is 0.395 e. The zero-order valence-electron chi connectivity index (χ0n) is 11.2. The van der Waals surface area contributed by atoms with Gasteiger partial charge in [-0.25, -0.2) is 0 Å². The molecule has 1 amide bonds. The first-order valence-corrected chi connectivity index (χ1v) is 6.31. The Kier molecular flexibility index (Phi) is 5.82. The molecule has 100 valence electrons. The van der Waals surface area contributed by atoms with Gasteiger partial charge in [-0.3, -0.25) is 4.79 Å². The van der Waals surface area contributed by atoms with Gasteiger partial charge < -0.3 is 15.7 Å². The highest BCUT2D eigenvalue weighted by atomic mass is 16.3. The molecule has 2 atom stereocenters. The van der Waals surface area contributed by atoms with E-state index in [9.17, 15) is 9.90 Å². The molecule has 0 aliphatic carbocycles. The standard InChI is InChI=1S/C14H22N2O2/c1-4-13(9-17)15-10(2)12-6-5-7-14(8-12)16-11(3)18/h5-8,10,13,15,17H,4,9H2,1-3H3,(H,16,18)/t10?,13-/m0/s1. The Balaban J connectivity index is 2.73. The number of aliphatic hydroxyl groups excluding tert-OH is 1. The molecule has 0 saturated heterocycles. The van der Waals surface area contributed by atoms with Crippen molar-refractivity contribution in [2.24, 2.45) is 0 Å². The highest BCUT2D eigenvalue weighted by Crippen LogP contribution is 2.18. The normalized spacial score (nSPS) is 14.0. The second-order valence-corrected chi connectivity index (χ2v) is 4.48. The fourth-order valence-electron chi connectivity index (χ4n) is 1.84. The quantitative estimate of drug-likeness (QED) is 0.724. The minimum absolute atomic E-state index is 0.0745. The van der Waals surface area contributed by atoms with Crippen LogP contribution in [0.5, 0.6) is 0 Å². The Morgan fingerprint density at radius 3 is 2.72 bits per heavy atom. The molecule has 0 spiro atoms. The number of hydrogen-bond acceptors (Lipinski definition) is 3. The average molecular weight is 250 g/mol. The van der Waals surface area contributed by atoms with Crippen LogP contribution < -0.4 is 10.6 Å². The second kappa shape index (κ2) is 7.13. The van der Waals surface area contributed by atoms with Crippen LogP contribution in [0.1, 0.15) is 38.8 Å². The van der Waals surface area contributed by atoms with Crippen molar-refractivity contribution in [1.29, 1.82) is 0 Å². The maximum Gasteiger partial charge on any atom is 0.221 e. The van der Waals surface area contributed by atoms with Crippen LogP contribution in [0.4, 0.5) is 5.69 Å². The number of carbonyl (C=O) groups excluding carboxylic acids is 1. The molecule has 0 saturated carbocycles. The number of amides is 1. The number of rotatable bonds is 6. The van der Waals surface area contributed by atoms with E-state index in [0.717, 1.165) is 17.7 Å². The predicted octanol–water partition coefficient (Wildman–Crippen LogP) is 2.07. The number of nitrogens with one attached hydrogen (secondary N) is 2. The van der Waals surface area contributed by atoms with E-state index in [1.807, 2.05) is 38.1 Å². The number of hydrogen-bond donors (Lipinski definition) is 3. The number of benzene rings is 1. The first kappa shape index (κ1) is 14.7. The van der Waals surface area contributed by atoms with E-state index >= 15 is 0 Å². The third-order valence-electron chi connectivity index (χ3n) is 2.91. The summed E-state index contributed by atoms with van der Waals surface area (Å²) in [5.41, 5.74) is 1.89. The van der Waals surface area contributed by atoms with E-state index in [0.29, 0.717) is 0 Å². The third kappa shape index (κ3) is 4.47. The molecule has 4 heteroatoms. The van der Waals surface area contributed by atoms with Gasteiger partial charge in [0.1, 0.15) is 0 Å². The van der Waals surface area contributed by atoms with Crippen LogP contribution in [0.25, 0.3) is 0 Å². The summed E-state index contributed by atoms with van der Waals surface area (Å²) in [5, 5.41) is 15.3. The first-order chi connectivity index (χ1) is 8.56. The van der Waals surface area contributed by atoms with Gasteiger partial charge in [0.2, 0.25) is 5.91 Å². The fraction of sp³-hybridized carbons (Fsp3) is 0.500. The molecule has 0 heterocycles. The molecule has 4 nitrogen and oxygen atoms in total. The second-order valence-electron chi connectivity index (χ2n) is 4.48. The van der Waals surface area contributed by atoms with Crippen molar-refractivity contribution in [3.63, 3.8) is 0 Å². The zero-order valence-corrected chi connectivity index (χ0v) is 11.2. The topological polar surface area (TPSA) is 61.4 Å². The number of carbonyl (C=O) groups is 1. The summed E-state index contributed by atoms with van der Waals surface area (Å²) in [5.74, 6) is -0.0745. The third-order valence-corrected chi connectivity index (χ3v) is 2.91. The van der Waals surface area contributed by atoms with Crippen molar-refractivity contribution in [2.45, 2.75) is 39.3 Å². The van der Waals surface area contributed by atoms with E-state index in [1.54, 1.807) is 0 Å². The van der Waals surface area contributed by atoms with Gasteiger partial charge in [0.15, 0.2) is 0 Å². The van der Waals surface area contributed by atoms with Crippen LogP contribution in [0.2, 0.25) is 0 Å². The zero-order chi connectivity index (χ0) is 13.5. The Hall–Kier alpha value is -1.39. The molecule has 0 fully saturated rings.